The zero-order valence-electron chi connectivity index (χ0n) is 7.68. The molecule has 76 valence electrons. The summed E-state index contributed by atoms with van der Waals surface area (Å²) in [7, 11) is -3.10. The monoisotopic (exact) mass is 212 g/mol. The highest BCUT2D eigenvalue weighted by molar-refractivity contribution is 7.89. The first-order chi connectivity index (χ1) is 6.67. The normalized spacial score (nSPS) is 20.7. The Morgan fingerprint density at radius 1 is 1.21 bits per heavy atom. The van der Waals surface area contributed by atoms with E-state index in [0.717, 1.165) is 12.2 Å². The summed E-state index contributed by atoms with van der Waals surface area (Å²) in [5.41, 5.74) is 0.885. The van der Waals surface area contributed by atoms with E-state index >= 15 is 0 Å². The van der Waals surface area contributed by atoms with Gasteiger partial charge in [0.25, 0.3) is 0 Å². The molecule has 1 saturated heterocycles. The number of sulfonamides is 1. The molecule has 1 aliphatic rings. The summed E-state index contributed by atoms with van der Waals surface area (Å²) in [6.45, 7) is 0.725. The van der Waals surface area contributed by atoms with Crippen LogP contribution in [-0.2, 0) is 10.0 Å². The highest BCUT2D eigenvalue weighted by Gasteiger charge is 2.21. The minimum absolute atomic E-state index is 0.219. The van der Waals surface area contributed by atoms with Crippen molar-refractivity contribution in [3.63, 3.8) is 0 Å². The van der Waals surface area contributed by atoms with E-state index in [2.05, 4.69) is 4.83 Å². The van der Waals surface area contributed by atoms with Crippen molar-refractivity contribution in [1.82, 2.24) is 4.83 Å². The van der Waals surface area contributed by atoms with Gasteiger partial charge in [0.05, 0.1) is 11.4 Å². The van der Waals surface area contributed by atoms with Gasteiger partial charge in [-0.25, -0.2) is 8.42 Å². The largest absolute Gasteiger partial charge is 0.295 e. The molecule has 0 unspecified atom stereocenters. The van der Waals surface area contributed by atoms with Gasteiger partial charge in [0.15, 0.2) is 0 Å². The van der Waals surface area contributed by atoms with Crippen molar-refractivity contribution in [2.75, 3.05) is 17.3 Å². The molecule has 0 aliphatic carbocycles. The van der Waals surface area contributed by atoms with Crippen LogP contribution < -0.4 is 9.84 Å². The molecular formula is C9H12N2O2S. The van der Waals surface area contributed by atoms with Gasteiger partial charge in [-0.05, 0) is 18.6 Å². The van der Waals surface area contributed by atoms with Crippen LogP contribution >= 0.6 is 0 Å². The number of rotatable bonds is 1. The third-order valence-corrected chi connectivity index (χ3v) is 3.44. The molecule has 14 heavy (non-hydrogen) atoms. The number of nitrogens with zero attached hydrogens (tertiary/aromatic N) is 1. The fourth-order valence-electron chi connectivity index (χ4n) is 1.46. The predicted octanol–water partition coefficient (Wildman–Crippen LogP) is 0.731. The number of hydrogen-bond acceptors (Lipinski definition) is 3. The molecule has 2 rings (SSSR count). The van der Waals surface area contributed by atoms with Gasteiger partial charge in [0, 0.05) is 6.54 Å². The number of anilines is 1. The molecule has 0 radical (unpaired) electrons. The smallest absolute Gasteiger partial charge is 0.228 e. The molecule has 0 bridgehead atoms. The summed E-state index contributed by atoms with van der Waals surface area (Å²) < 4.78 is 22.6. The Bertz CT molecular complexity index is 402. The molecular weight excluding hydrogens is 200 g/mol. The molecule has 0 amide bonds. The van der Waals surface area contributed by atoms with Gasteiger partial charge < -0.3 is 0 Å². The average Bonchev–Trinajstić information content (AvgIpc) is 2.18. The summed E-state index contributed by atoms with van der Waals surface area (Å²) in [5.74, 6) is 0.219. The van der Waals surface area contributed by atoms with Gasteiger partial charge in [-0.3, -0.25) is 5.01 Å². The number of hydrogen-bond donors (Lipinski definition) is 1. The Hall–Kier alpha value is -1.07. The highest BCUT2D eigenvalue weighted by atomic mass is 32.2. The van der Waals surface area contributed by atoms with Gasteiger partial charge in [0.1, 0.15) is 0 Å². The first-order valence-corrected chi connectivity index (χ1v) is 6.15. The summed E-state index contributed by atoms with van der Waals surface area (Å²) in [4.78, 5) is 2.51. The molecule has 4 nitrogen and oxygen atoms in total. The van der Waals surface area contributed by atoms with Gasteiger partial charge in [-0.2, -0.15) is 0 Å². The number of hydrazine groups is 1. The lowest BCUT2D eigenvalue weighted by atomic mass is 10.3. The van der Waals surface area contributed by atoms with E-state index in [-0.39, 0.29) is 5.75 Å². The maximum absolute atomic E-state index is 11.3. The zero-order chi connectivity index (χ0) is 10.0. The van der Waals surface area contributed by atoms with Crippen LogP contribution in [0.3, 0.4) is 0 Å². The van der Waals surface area contributed by atoms with Crippen molar-refractivity contribution in [3.8, 4) is 0 Å². The SMILES string of the molecule is O=S1(=O)CCCN(c2ccccc2)N1. The molecule has 1 aromatic carbocycles. The first-order valence-electron chi connectivity index (χ1n) is 4.50. The molecule has 1 aromatic rings. The summed E-state index contributed by atoms with van der Waals surface area (Å²) in [6, 6.07) is 9.44. The summed E-state index contributed by atoms with van der Waals surface area (Å²) in [6.07, 6.45) is 0.671. The topological polar surface area (TPSA) is 49.4 Å². The molecule has 1 fully saturated rings. The van der Waals surface area contributed by atoms with Crippen LogP contribution in [0.4, 0.5) is 5.69 Å². The Kier molecular flexibility index (Phi) is 2.43. The Morgan fingerprint density at radius 2 is 1.93 bits per heavy atom. The standard InChI is InChI=1S/C9H12N2O2S/c12-14(13)8-4-7-11(10-14)9-5-2-1-3-6-9/h1-3,5-6,10H,4,7-8H2. The number of nitrogens with one attached hydrogen (secondary N) is 1. The van der Waals surface area contributed by atoms with E-state index in [1.165, 1.54) is 0 Å². The van der Waals surface area contributed by atoms with Gasteiger partial charge in [-0.1, -0.05) is 18.2 Å². The third kappa shape index (κ3) is 2.05. The minimum atomic E-state index is -3.10. The van der Waals surface area contributed by atoms with E-state index in [9.17, 15) is 8.42 Å². The van der Waals surface area contributed by atoms with Gasteiger partial charge in [0.2, 0.25) is 10.0 Å². The maximum atomic E-state index is 11.3. The van der Waals surface area contributed by atoms with E-state index in [0.29, 0.717) is 6.42 Å². The zero-order valence-corrected chi connectivity index (χ0v) is 8.50. The van der Waals surface area contributed by atoms with E-state index < -0.39 is 10.0 Å². The summed E-state index contributed by atoms with van der Waals surface area (Å²) in [5, 5.41) is 1.67. The maximum Gasteiger partial charge on any atom is 0.228 e. The van der Waals surface area contributed by atoms with Crippen LogP contribution in [0.1, 0.15) is 6.42 Å². The molecule has 0 saturated carbocycles. The van der Waals surface area contributed by atoms with Crippen LogP contribution in [0, 0.1) is 0 Å². The molecule has 0 spiro atoms. The summed E-state index contributed by atoms with van der Waals surface area (Å²) >= 11 is 0. The van der Waals surface area contributed by atoms with Crippen molar-refractivity contribution in [1.29, 1.82) is 0 Å². The third-order valence-electron chi connectivity index (χ3n) is 2.11. The average molecular weight is 212 g/mol. The van der Waals surface area contributed by atoms with Crippen molar-refractivity contribution in [2.45, 2.75) is 6.42 Å². The van der Waals surface area contributed by atoms with Crippen molar-refractivity contribution in [3.05, 3.63) is 30.3 Å². The lowest BCUT2D eigenvalue weighted by molar-refractivity contribution is 0.557. The second-order valence-electron chi connectivity index (χ2n) is 3.25. The van der Waals surface area contributed by atoms with E-state index in [1.807, 2.05) is 30.3 Å². The second-order valence-corrected chi connectivity index (χ2v) is 5.07. The Balaban J connectivity index is 2.21. The van der Waals surface area contributed by atoms with Crippen LogP contribution in [0.2, 0.25) is 0 Å². The van der Waals surface area contributed by atoms with Crippen LogP contribution in [0.25, 0.3) is 0 Å². The van der Waals surface area contributed by atoms with Crippen LogP contribution in [0.15, 0.2) is 30.3 Å². The first kappa shape index (κ1) is 9.48. The van der Waals surface area contributed by atoms with Crippen molar-refractivity contribution >= 4 is 15.7 Å². The second kappa shape index (κ2) is 3.59. The van der Waals surface area contributed by atoms with E-state index in [1.54, 1.807) is 5.01 Å². The molecule has 0 atom stereocenters. The quantitative estimate of drug-likeness (QED) is 0.746. The molecule has 1 heterocycles. The van der Waals surface area contributed by atoms with Gasteiger partial charge in [-0.15, -0.1) is 4.83 Å². The van der Waals surface area contributed by atoms with Crippen molar-refractivity contribution < 1.29 is 8.42 Å². The highest BCUT2D eigenvalue weighted by Crippen LogP contribution is 2.14. The lowest BCUT2D eigenvalue weighted by Gasteiger charge is -2.28. The Labute approximate surface area is 83.6 Å². The lowest BCUT2D eigenvalue weighted by Crippen LogP contribution is -2.48. The molecule has 1 aliphatic heterocycles. The van der Waals surface area contributed by atoms with Gasteiger partial charge >= 0.3 is 0 Å². The minimum Gasteiger partial charge on any atom is -0.295 e. The fraction of sp³-hybridized carbons (Fsp3) is 0.333. The number of para-hydroxylation sites is 1. The van der Waals surface area contributed by atoms with Crippen LogP contribution in [-0.4, -0.2) is 20.7 Å². The van der Waals surface area contributed by atoms with E-state index in [4.69, 9.17) is 0 Å². The molecule has 1 N–H and O–H groups in total. The predicted molar refractivity (Wildman–Crippen MR) is 55.3 cm³/mol. The van der Waals surface area contributed by atoms with Crippen molar-refractivity contribution in [2.24, 2.45) is 0 Å². The number of benzene rings is 1. The Morgan fingerprint density at radius 3 is 2.57 bits per heavy atom. The van der Waals surface area contributed by atoms with Crippen LogP contribution in [0.5, 0.6) is 0 Å². The molecule has 5 heteroatoms. The molecule has 0 aromatic heterocycles. The fourth-order valence-corrected chi connectivity index (χ4v) is 2.59.